The summed E-state index contributed by atoms with van der Waals surface area (Å²) in [7, 11) is 0. The molecule has 0 radical (unpaired) electrons. The predicted octanol–water partition coefficient (Wildman–Crippen LogP) is 2.20. The van der Waals surface area contributed by atoms with E-state index in [1.807, 2.05) is 0 Å². The van der Waals surface area contributed by atoms with E-state index in [0.29, 0.717) is 23.7 Å². The third kappa shape index (κ3) is 1.54. The van der Waals surface area contributed by atoms with E-state index in [1.165, 1.54) is 0 Å². The van der Waals surface area contributed by atoms with Gasteiger partial charge in [-0.25, -0.2) is 4.90 Å². The highest BCUT2D eigenvalue weighted by Crippen LogP contribution is 2.38. The molecule has 0 saturated carbocycles. The Kier molecular flexibility index (Phi) is 2.45. The Morgan fingerprint density at radius 1 is 1.33 bits per heavy atom. The molecular formula is C12H10ClN3O2. The molecule has 0 aliphatic carbocycles. The summed E-state index contributed by atoms with van der Waals surface area (Å²) in [5.41, 5.74) is -0.462. The Labute approximate surface area is 108 Å². The van der Waals surface area contributed by atoms with Gasteiger partial charge in [0.15, 0.2) is 5.54 Å². The monoisotopic (exact) mass is 263 g/mol. The summed E-state index contributed by atoms with van der Waals surface area (Å²) in [5, 5.41) is 8.31. The molecular weight excluding hydrogens is 254 g/mol. The molecule has 18 heavy (non-hydrogen) atoms. The Morgan fingerprint density at radius 2 is 2.17 bits per heavy atom. The number of halogens is 1. The van der Waals surface area contributed by atoms with Gasteiger partial charge in [-0.2, -0.15) is 10.2 Å². The maximum absolute atomic E-state index is 12.4. The average molecular weight is 264 g/mol. The average Bonchev–Trinajstić information content (AvgIpc) is 2.87. The molecule has 2 amide bonds. The Balaban J connectivity index is 2.01. The van der Waals surface area contributed by atoms with Crippen LogP contribution in [0.4, 0.5) is 5.69 Å². The van der Waals surface area contributed by atoms with Crippen LogP contribution in [0.25, 0.3) is 0 Å². The van der Waals surface area contributed by atoms with Gasteiger partial charge in [-0.3, -0.25) is 9.59 Å². The van der Waals surface area contributed by atoms with E-state index in [4.69, 9.17) is 11.6 Å². The molecule has 2 aliphatic heterocycles. The van der Waals surface area contributed by atoms with Crippen molar-refractivity contribution >= 4 is 29.1 Å². The zero-order valence-electron chi connectivity index (χ0n) is 9.47. The van der Waals surface area contributed by atoms with Gasteiger partial charge in [0.05, 0.1) is 18.7 Å². The lowest BCUT2D eigenvalue weighted by molar-refractivity contribution is -0.122. The number of imide groups is 1. The fourth-order valence-corrected chi connectivity index (χ4v) is 2.53. The van der Waals surface area contributed by atoms with E-state index in [9.17, 15) is 9.59 Å². The standard InChI is InChI=1S/C12H10ClN3O2/c13-8-2-1-3-9(6-8)16-10(17)7-12(11(16)18)4-5-14-15-12/h1-3,6H,4-5,7H2/t12-/m1/s1. The maximum Gasteiger partial charge on any atom is 0.264 e. The number of benzene rings is 1. The van der Waals surface area contributed by atoms with E-state index in [-0.39, 0.29) is 18.2 Å². The highest BCUT2D eigenvalue weighted by atomic mass is 35.5. The normalized spacial score (nSPS) is 26.6. The van der Waals surface area contributed by atoms with Gasteiger partial charge < -0.3 is 0 Å². The van der Waals surface area contributed by atoms with Crippen molar-refractivity contribution in [1.82, 2.24) is 0 Å². The molecule has 5 nitrogen and oxygen atoms in total. The summed E-state index contributed by atoms with van der Waals surface area (Å²) in [4.78, 5) is 25.5. The van der Waals surface area contributed by atoms with E-state index >= 15 is 0 Å². The van der Waals surface area contributed by atoms with Crippen molar-refractivity contribution in [2.75, 3.05) is 11.4 Å². The lowest BCUT2D eigenvalue weighted by Crippen LogP contribution is -2.38. The minimum Gasteiger partial charge on any atom is -0.274 e. The first-order chi connectivity index (χ1) is 8.62. The Morgan fingerprint density at radius 3 is 2.83 bits per heavy atom. The lowest BCUT2D eigenvalue weighted by Gasteiger charge is -2.17. The molecule has 1 aromatic rings. The minimum atomic E-state index is -0.959. The van der Waals surface area contributed by atoms with Gasteiger partial charge in [0, 0.05) is 11.4 Å². The van der Waals surface area contributed by atoms with Gasteiger partial charge in [-0.15, -0.1) is 0 Å². The summed E-state index contributed by atoms with van der Waals surface area (Å²) < 4.78 is 0. The van der Waals surface area contributed by atoms with Gasteiger partial charge in [0.2, 0.25) is 5.91 Å². The zero-order valence-corrected chi connectivity index (χ0v) is 10.2. The molecule has 1 aromatic carbocycles. The van der Waals surface area contributed by atoms with Crippen LogP contribution in [0.1, 0.15) is 12.8 Å². The van der Waals surface area contributed by atoms with Crippen LogP contribution in [0, 0.1) is 0 Å². The summed E-state index contributed by atoms with van der Waals surface area (Å²) in [6.07, 6.45) is 0.608. The number of rotatable bonds is 1. The van der Waals surface area contributed by atoms with Gasteiger partial charge in [0.25, 0.3) is 5.91 Å². The van der Waals surface area contributed by atoms with Crippen LogP contribution < -0.4 is 4.90 Å². The van der Waals surface area contributed by atoms with E-state index in [1.54, 1.807) is 24.3 Å². The van der Waals surface area contributed by atoms with E-state index < -0.39 is 5.54 Å². The third-order valence-electron chi connectivity index (χ3n) is 3.25. The molecule has 6 heteroatoms. The summed E-state index contributed by atoms with van der Waals surface area (Å²) in [6.45, 7) is 0.502. The van der Waals surface area contributed by atoms with Crippen LogP contribution >= 0.6 is 11.6 Å². The van der Waals surface area contributed by atoms with E-state index in [2.05, 4.69) is 10.2 Å². The SMILES string of the molecule is O=C1C[C@]2(CCN=N2)C(=O)N1c1cccc(Cl)c1. The number of hydrogen-bond acceptors (Lipinski definition) is 4. The zero-order chi connectivity index (χ0) is 12.8. The van der Waals surface area contributed by atoms with Crippen LogP contribution in [0.15, 0.2) is 34.5 Å². The fraction of sp³-hybridized carbons (Fsp3) is 0.333. The third-order valence-corrected chi connectivity index (χ3v) is 3.48. The van der Waals surface area contributed by atoms with Gasteiger partial charge in [0.1, 0.15) is 0 Å². The van der Waals surface area contributed by atoms with Gasteiger partial charge in [-0.05, 0) is 18.2 Å². The number of carbonyl (C=O) groups excluding carboxylic acids is 2. The first-order valence-electron chi connectivity index (χ1n) is 5.64. The molecule has 0 aromatic heterocycles. The van der Waals surface area contributed by atoms with Crippen LogP contribution in [0.2, 0.25) is 5.02 Å². The molecule has 3 rings (SSSR count). The summed E-state index contributed by atoms with van der Waals surface area (Å²) in [6, 6.07) is 6.69. The molecule has 2 aliphatic rings. The van der Waals surface area contributed by atoms with Crippen molar-refractivity contribution in [3.8, 4) is 0 Å². The Hall–Kier alpha value is -1.75. The van der Waals surface area contributed by atoms with Crippen LogP contribution in [0.5, 0.6) is 0 Å². The topological polar surface area (TPSA) is 62.1 Å². The second kappa shape index (κ2) is 3.88. The number of azo groups is 1. The number of nitrogens with zero attached hydrogens (tertiary/aromatic N) is 3. The van der Waals surface area contributed by atoms with Crippen molar-refractivity contribution in [2.45, 2.75) is 18.4 Å². The molecule has 1 fully saturated rings. The highest BCUT2D eigenvalue weighted by molar-refractivity contribution is 6.31. The summed E-state index contributed by atoms with van der Waals surface area (Å²) in [5.74, 6) is -0.542. The smallest absolute Gasteiger partial charge is 0.264 e. The van der Waals surface area contributed by atoms with Crippen molar-refractivity contribution in [3.63, 3.8) is 0 Å². The number of anilines is 1. The number of hydrogen-bond donors (Lipinski definition) is 0. The van der Waals surface area contributed by atoms with Gasteiger partial charge >= 0.3 is 0 Å². The molecule has 0 bridgehead atoms. The Bertz CT molecular complexity index is 572. The van der Waals surface area contributed by atoms with E-state index in [0.717, 1.165) is 4.90 Å². The summed E-state index contributed by atoms with van der Waals surface area (Å²) >= 11 is 5.88. The lowest BCUT2D eigenvalue weighted by atomic mass is 9.96. The highest BCUT2D eigenvalue weighted by Gasteiger charge is 2.54. The quantitative estimate of drug-likeness (QED) is 0.729. The van der Waals surface area contributed by atoms with Crippen LogP contribution in [0.3, 0.4) is 0 Å². The van der Waals surface area contributed by atoms with Crippen LogP contribution in [-0.2, 0) is 9.59 Å². The predicted molar refractivity (Wildman–Crippen MR) is 65.6 cm³/mol. The largest absolute Gasteiger partial charge is 0.274 e. The van der Waals surface area contributed by atoms with Gasteiger partial charge in [-0.1, -0.05) is 17.7 Å². The molecule has 1 atom stereocenters. The number of amides is 2. The minimum absolute atomic E-state index is 0.0991. The fourth-order valence-electron chi connectivity index (χ4n) is 2.35. The molecule has 1 spiro atoms. The van der Waals surface area contributed by atoms with Crippen molar-refractivity contribution in [1.29, 1.82) is 0 Å². The van der Waals surface area contributed by atoms with Crippen LogP contribution in [-0.4, -0.2) is 23.9 Å². The second-order valence-corrected chi connectivity index (χ2v) is 4.87. The second-order valence-electron chi connectivity index (χ2n) is 4.44. The maximum atomic E-state index is 12.4. The molecule has 2 heterocycles. The van der Waals surface area contributed by atoms with Crippen molar-refractivity contribution in [3.05, 3.63) is 29.3 Å². The van der Waals surface area contributed by atoms with Crippen molar-refractivity contribution < 1.29 is 9.59 Å². The molecule has 0 unspecified atom stereocenters. The van der Waals surface area contributed by atoms with Crippen molar-refractivity contribution in [2.24, 2.45) is 10.2 Å². The molecule has 0 N–H and O–H groups in total. The molecule has 1 saturated heterocycles. The first kappa shape index (κ1) is 11.3. The molecule has 92 valence electrons. The number of carbonyl (C=O) groups is 2. The first-order valence-corrected chi connectivity index (χ1v) is 6.02.